The molecule has 3 aliphatic heterocycles. The number of nitrogens with two attached hydrogens (primary N) is 1. The lowest BCUT2D eigenvalue weighted by atomic mass is 10.0. The van der Waals surface area contributed by atoms with Crippen LogP contribution in [0.3, 0.4) is 0 Å². The molecule has 0 aliphatic carbocycles. The first-order valence-corrected chi connectivity index (χ1v) is 12.8. The summed E-state index contributed by atoms with van der Waals surface area (Å²) < 4.78 is 8.15. The highest BCUT2D eigenvalue weighted by atomic mass is 16.5. The van der Waals surface area contributed by atoms with E-state index < -0.39 is 0 Å². The number of anilines is 2. The lowest BCUT2D eigenvalue weighted by Gasteiger charge is -2.34. The van der Waals surface area contributed by atoms with E-state index in [-0.39, 0.29) is 30.1 Å². The third-order valence-corrected chi connectivity index (χ3v) is 7.56. The van der Waals surface area contributed by atoms with Crippen molar-refractivity contribution in [2.24, 2.45) is 5.92 Å². The van der Waals surface area contributed by atoms with Gasteiger partial charge in [0.1, 0.15) is 5.82 Å². The van der Waals surface area contributed by atoms with E-state index in [9.17, 15) is 4.79 Å². The van der Waals surface area contributed by atoms with E-state index in [4.69, 9.17) is 25.5 Å². The first kappa shape index (κ1) is 22.3. The van der Waals surface area contributed by atoms with Crippen LogP contribution < -0.4 is 10.6 Å². The number of fused-ring (bicyclic) bond motifs is 3. The molecule has 5 heterocycles. The molecule has 3 aliphatic rings. The minimum atomic E-state index is 0.0265. The molecule has 3 fully saturated rings. The SMILES string of the molecule is CC(C)C(=O)N1CCC(n2ncc3c(N4CC5CCC(C4)O5)nc(-c4ccc(N)cc4)nc32)CC1. The molecule has 184 valence electrons. The van der Waals surface area contributed by atoms with Gasteiger partial charge in [0, 0.05) is 43.3 Å². The van der Waals surface area contributed by atoms with Crippen LogP contribution >= 0.6 is 0 Å². The van der Waals surface area contributed by atoms with Crippen molar-refractivity contribution in [3.8, 4) is 11.4 Å². The maximum atomic E-state index is 12.5. The normalized spacial score (nSPS) is 22.9. The van der Waals surface area contributed by atoms with E-state index in [1.165, 1.54) is 0 Å². The Kier molecular flexibility index (Phi) is 5.59. The number of piperidine rings is 1. The number of ether oxygens (including phenoxy) is 1. The van der Waals surface area contributed by atoms with Crippen molar-refractivity contribution in [3.05, 3.63) is 30.5 Å². The van der Waals surface area contributed by atoms with E-state index in [0.717, 1.165) is 74.3 Å². The van der Waals surface area contributed by atoms with Gasteiger partial charge in [0.25, 0.3) is 0 Å². The number of benzene rings is 1. The summed E-state index contributed by atoms with van der Waals surface area (Å²) in [5, 5.41) is 5.79. The maximum Gasteiger partial charge on any atom is 0.225 e. The fourth-order valence-corrected chi connectivity index (χ4v) is 5.66. The molecule has 0 radical (unpaired) electrons. The molecule has 2 aromatic heterocycles. The fourth-order valence-electron chi connectivity index (χ4n) is 5.66. The van der Waals surface area contributed by atoms with E-state index in [1.807, 2.05) is 49.2 Å². The summed E-state index contributed by atoms with van der Waals surface area (Å²) in [6.07, 6.45) is 6.38. The third kappa shape index (κ3) is 4.11. The summed E-state index contributed by atoms with van der Waals surface area (Å²) in [5.74, 6) is 1.87. The number of hydrogen-bond acceptors (Lipinski definition) is 7. The predicted octanol–water partition coefficient (Wildman–Crippen LogP) is 3.26. The van der Waals surface area contributed by atoms with Crippen LogP contribution in [0.5, 0.6) is 0 Å². The Hall–Kier alpha value is -3.20. The molecular formula is C26H33N7O2. The first-order valence-electron chi connectivity index (χ1n) is 12.8. The van der Waals surface area contributed by atoms with Gasteiger partial charge in [0.2, 0.25) is 5.91 Å². The van der Waals surface area contributed by atoms with Crippen molar-refractivity contribution in [1.29, 1.82) is 0 Å². The maximum absolute atomic E-state index is 12.5. The molecule has 9 nitrogen and oxygen atoms in total. The first-order chi connectivity index (χ1) is 17.0. The van der Waals surface area contributed by atoms with Gasteiger partial charge in [-0.05, 0) is 49.9 Å². The van der Waals surface area contributed by atoms with Gasteiger partial charge in [-0.1, -0.05) is 13.8 Å². The zero-order chi connectivity index (χ0) is 24.1. The number of carbonyl (C=O) groups is 1. The number of nitrogen functional groups attached to an aromatic ring is 1. The highest BCUT2D eigenvalue weighted by molar-refractivity contribution is 5.89. The number of hydrogen-bond donors (Lipinski definition) is 1. The topological polar surface area (TPSA) is 102 Å². The van der Waals surface area contributed by atoms with Crippen LogP contribution in [0.2, 0.25) is 0 Å². The summed E-state index contributed by atoms with van der Waals surface area (Å²) in [6.45, 7) is 7.10. The second-order valence-electron chi connectivity index (χ2n) is 10.4. The van der Waals surface area contributed by atoms with Crippen LogP contribution in [0.4, 0.5) is 11.5 Å². The molecular weight excluding hydrogens is 442 g/mol. The Bertz CT molecular complexity index is 1220. The molecule has 6 rings (SSSR count). The van der Waals surface area contributed by atoms with Crippen molar-refractivity contribution in [3.63, 3.8) is 0 Å². The van der Waals surface area contributed by atoms with Gasteiger partial charge in [-0.15, -0.1) is 0 Å². The van der Waals surface area contributed by atoms with Gasteiger partial charge in [-0.25, -0.2) is 14.6 Å². The molecule has 0 saturated carbocycles. The number of likely N-dealkylation sites (tertiary alicyclic amines) is 1. The van der Waals surface area contributed by atoms with Crippen molar-refractivity contribution in [2.75, 3.05) is 36.8 Å². The number of carbonyl (C=O) groups excluding carboxylic acids is 1. The second kappa shape index (κ2) is 8.78. The van der Waals surface area contributed by atoms with Crippen molar-refractivity contribution < 1.29 is 9.53 Å². The standard InChI is InChI=1S/C26H33N7O2/c1-16(2)26(34)31-11-9-19(10-12-31)33-25-22(13-28-33)24(32-14-20-7-8-21(15-32)35-20)29-23(30-25)17-3-5-18(27)6-4-17/h3-6,13,16,19-21H,7-12,14-15,27H2,1-2H3. The average molecular weight is 476 g/mol. The van der Waals surface area contributed by atoms with Gasteiger partial charge in [-0.3, -0.25) is 4.79 Å². The summed E-state index contributed by atoms with van der Waals surface area (Å²) in [6, 6.07) is 7.92. The molecule has 9 heteroatoms. The van der Waals surface area contributed by atoms with Crippen LogP contribution in [0.15, 0.2) is 30.5 Å². The van der Waals surface area contributed by atoms with E-state index >= 15 is 0 Å². The zero-order valence-corrected chi connectivity index (χ0v) is 20.4. The Balaban J connectivity index is 1.38. The van der Waals surface area contributed by atoms with Gasteiger partial charge < -0.3 is 20.3 Å². The number of morpholine rings is 1. The quantitative estimate of drug-likeness (QED) is 0.578. The number of nitrogens with zero attached hydrogens (tertiary/aromatic N) is 6. The fraction of sp³-hybridized carbons (Fsp3) is 0.538. The van der Waals surface area contributed by atoms with Gasteiger partial charge >= 0.3 is 0 Å². The zero-order valence-electron chi connectivity index (χ0n) is 20.4. The third-order valence-electron chi connectivity index (χ3n) is 7.56. The highest BCUT2D eigenvalue weighted by Gasteiger charge is 2.36. The summed E-state index contributed by atoms with van der Waals surface area (Å²) >= 11 is 0. The highest BCUT2D eigenvalue weighted by Crippen LogP contribution is 2.35. The minimum absolute atomic E-state index is 0.0265. The van der Waals surface area contributed by atoms with Crippen LogP contribution in [0, 0.1) is 5.92 Å². The molecule has 35 heavy (non-hydrogen) atoms. The molecule has 1 amide bonds. The van der Waals surface area contributed by atoms with Crippen molar-refractivity contribution in [1.82, 2.24) is 24.6 Å². The van der Waals surface area contributed by atoms with Crippen LogP contribution in [-0.2, 0) is 9.53 Å². The monoisotopic (exact) mass is 475 g/mol. The predicted molar refractivity (Wildman–Crippen MR) is 135 cm³/mol. The van der Waals surface area contributed by atoms with E-state index in [0.29, 0.717) is 11.5 Å². The van der Waals surface area contributed by atoms with E-state index in [2.05, 4.69) is 9.58 Å². The summed E-state index contributed by atoms with van der Waals surface area (Å²) in [4.78, 5) is 26.9. The smallest absolute Gasteiger partial charge is 0.225 e. The summed E-state index contributed by atoms with van der Waals surface area (Å²) in [5.41, 5.74) is 8.44. The Morgan fingerprint density at radius 3 is 2.37 bits per heavy atom. The van der Waals surface area contributed by atoms with Crippen LogP contribution in [0.1, 0.15) is 45.6 Å². The number of aromatic nitrogens is 4. The van der Waals surface area contributed by atoms with Crippen LogP contribution in [-0.4, -0.2) is 68.9 Å². The minimum Gasteiger partial charge on any atom is -0.399 e. The lowest BCUT2D eigenvalue weighted by molar-refractivity contribution is -0.135. The molecule has 3 saturated heterocycles. The van der Waals surface area contributed by atoms with Crippen molar-refractivity contribution >= 4 is 28.4 Å². The molecule has 1 aromatic carbocycles. The number of rotatable bonds is 4. The molecule has 2 N–H and O–H groups in total. The van der Waals surface area contributed by atoms with Gasteiger partial charge in [0.15, 0.2) is 11.5 Å². The van der Waals surface area contributed by atoms with E-state index in [1.54, 1.807) is 0 Å². The van der Waals surface area contributed by atoms with Gasteiger partial charge in [0.05, 0.1) is 29.8 Å². The second-order valence-corrected chi connectivity index (χ2v) is 10.4. The largest absolute Gasteiger partial charge is 0.399 e. The molecule has 3 aromatic rings. The van der Waals surface area contributed by atoms with Gasteiger partial charge in [-0.2, -0.15) is 5.10 Å². The average Bonchev–Trinajstić information content (AvgIpc) is 3.45. The summed E-state index contributed by atoms with van der Waals surface area (Å²) in [7, 11) is 0. The lowest BCUT2D eigenvalue weighted by Crippen LogP contribution is -2.43. The molecule has 0 spiro atoms. The Labute approximate surface area is 205 Å². The Morgan fingerprint density at radius 2 is 1.71 bits per heavy atom. The molecule has 2 unspecified atom stereocenters. The van der Waals surface area contributed by atoms with Crippen LogP contribution in [0.25, 0.3) is 22.4 Å². The van der Waals surface area contributed by atoms with Crippen molar-refractivity contribution in [2.45, 2.75) is 57.8 Å². The Morgan fingerprint density at radius 1 is 1.03 bits per heavy atom. The number of amides is 1. The molecule has 2 atom stereocenters. The molecule has 2 bridgehead atoms.